The van der Waals surface area contributed by atoms with Crippen LogP contribution in [0.1, 0.15) is 6.92 Å². The maximum atomic E-state index is 12.6. The van der Waals surface area contributed by atoms with Crippen molar-refractivity contribution in [1.29, 1.82) is 0 Å². The third kappa shape index (κ3) is 2.68. The van der Waals surface area contributed by atoms with Crippen LogP contribution in [0.3, 0.4) is 0 Å². The lowest BCUT2D eigenvalue weighted by Gasteiger charge is -2.39. The lowest BCUT2D eigenvalue weighted by molar-refractivity contribution is -0.137. The van der Waals surface area contributed by atoms with Gasteiger partial charge >= 0.3 is 0 Å². The first-order valence-electron chi connectivity index (χ1n) is 8.16. The van der Waals surface area contributed by atoms with Crippen molar-refractivity contribution in [2.45, 2.75) is 6.92 Å². The number of carbonyl (C=O) groups excluding carboxylic acids is 1. The van der Waals surface area contributed by atoms with E-state index in [1.807, 2.05) is 4.90 Å². The van der Waals surface area contributed by atoms with Crippen LogP contribution in [0.2, 0.25) is 0 Å². The van der Waals surface area contributed by atoms with Gasteiger partial charge in [-0.05, 0) is 30.5 Å². The number of thiophene rings is 1. The van der Waals surface area contributed by atoms with E-state index in [2.05, 4.69) is 38.6 Å². The molecule has 7 heteroatoms. The van der Waals surface area contributed by atoms with Crippen molar-refractivity contribution in [3.8, 4) is 0 Å². The SMILES string of the molecule is CC(C(=O)N1CCN(c2ncnc3sccc23)CC1)C1CNC1. The minimum absolute atomic E-state index is 0.130. The van der Waals surface area contributed by atoms with E-state index < -0.39 is 0 Å². The Hall–Kier alpha value is -1.73. The summed E-state index contributed by atoms with van der Waals surface area (Å²) in [6.45, 7) is 7.25. The zero-order valence-electron chi connectivity index (χ0n) is 13.2. The highest BCUT2D eigenvalue weighted by Crippen LogP contribution is 2.27. The molecule has 2 aromatic heterocycles. The monoisotopic (exact) mass is 331 g/mol. The number of amides is 1. The number of hydrogen-bond acceptors (Lipinski definition) is 6. The van der Waals surface area contributed by atoms with Gasteiger partial charge < -0.3 is 15.1 Å². The Bertz CT molecular complexity index is 705. The summed E-state index contributed by atoms with van der Waals surface area (Å²) in [6.07, 6.45) is 1.64. The highest BCUT2D eigenvalue weighted by Gasteiger charge is 2.33. The van der Waals surface area contributed by atoms with E-state index in [9.17, 15) is 4.79 Å². The van der Waals surface area contributed by atoms with Gasteiger partial charge in [0.15, 0.2) is 0 Å². The molecule has 1 atom stereocenters. The molecule has 0 spiro atoms. The van der Waals surface area contributed by atoms with Crippen molar-refractivity contribution in [3.05, 3.63) is 17.8 Å². The van der Waals surface area contributed by atoms with E-state index >= 15 is 0 Å². The van der Waals surface area contributed by atoms with Crippen molar-refractivity contribution >= 4 is 33.3 Å². The summed E-state index contributed by atoms with van der Waals surface area (Å²) in [7, 11) is 0. The van der Waals surface area contributed by atoms with Crippen LogP contribution in [0.15, 0.2) is 17.8 Å². The smallest absolute Gasteiger partial charge is 0.225 e. The van der Waals surface area contributed by atoms with Gasteiger partial charge in [0.2, 0.25) is 5.91 Å². The molecule has 0 aromatic carbocycles. The zero-order valence-corrected chi connectivity index (χ0v) is 14.1. The molecule has 0 saturated carbocycles. The predicted octanol–water partition coefficient (Wildman–Crippen LogP) is 1.20. The van der Waals surface area contributed by atoms with Crippen LogP contribution in [-0.2, 0) is 4.79 Å². The number of hydrogen-bond donors (Lipinski definition) is 1. The minimum atomic E-state index is 0.130. The third-order valence-corrected chi connectivity index (χ3v) is 5.86. The van der Waals surface area contributed by atoms with Gasteiger partial charge in [0, 0.05) is 32.1 Å². The molecule has 0 bridgehead atoms. The summed E-state index contributed by atoms with van der Waals surface area (Å²) in [5.74, 6) is 1.94. The first-order chi connectivity index (χ1) is 11.2. The van der Waals surface area contributed by atoms with E-state index in [1.165, 1.54) is 0 Å². The normalized spacial score (nSPS) is 20.6. The number of nitrogens with one attached hydrogen (secondary N) is 1. The fraction of sp³-hybridized carbons (Fsp3) is 0.562. The molecule has 2 aliphatic heterocycles. The van der Waals surface area contributed by atoms with Crippen molar-refractivity contribution in [1.82, 2.24) is 20.2 Å². The van der Waals surface area contributed by atoms with Gasteiger partial charge in [-0.3, -0.25) is 4.79 Å². The highest BCUT2D eigenvalue weighted by molar-refractivity contribution is 7.16. The van der Waals surface area contributed by atoms with Gasteiger partial charge in [-0.25, -0.2) is 9.97 Å². The van der Waals surface area contributed by atoms with Crippen LogP contribution in [0.25, 0.3) is 10.2 Å². The van der Waals surface area contributed by atoms with Crippen LogP contribution in [0.5, 0.6) is 0 Å². The first-order valence-corrected chi connectivity index (χ1v) is 9.04. The second-order valence-electron chi connectivity index (χ2n) is 6.36. The van der Waals surface area contributed by atoms with Crippen molar-refractivity contribution in [2.24, 2.45) is 11.8 Å². The summed E-state index contributed by atoms with van der Waals surface area (Å²) in [5.41, 5.74) is 0. The molecule has 6 nitrogen and oxygen atoms in total. The maximum absolute atomic E-state index is 12.6. The van der Waals surface area contributed by atoms with Gasteiger partial charge in [-0.15, -0.1) is 11.3 Å². The zero-order chi connectivity index (χ0) is 15.8. The predicted molar refractivity (Wildman–Crippen MR) is 91.7 cm³/mol. The molecule has 2 saturated heterocycles. The number of anilines is 1. The van der Waals surface area contributed by atoms with Gasteiger partial charge in [0.05, 0.1) is 5.39 Å². The summed E-state index contributed by atoms with van der Waals surface area (Å²) in [6, 6.07) is 2.08. The average molecular weight is 331 g/mol. The van der Waals surface area contributed by atoms with Crippen molar-refractivity contribution in [3.63, 3.8) is 0 Å². The molecule has 1 unspecified atom stereocenters. The molecular formula is C16H21N5OS. The van der Waals surface area contributed by atoms with E-state index in [1.54, 1.807) is 17.7 Å². The van der Waals surface area contributed by atoms with E-state index in [-0.39, 0.29) is 5.92 Å². The van der Waals surface area contributed by atoms with Crippen molar-refractivity contribution < 1.29 is 4.79 Å². The Balaban J connectivity index is 1.42. The number of piperazine rings is 1. The molecule has 23 heavy (non-hydrogen) atoms. The Kier molecular flexibility index (Phi) is 3.90. The Labute approximate surface area is 139 Å². The van der Waals surface area contributed by atoms with Crippen LogP contribution in [0.4, 0.5) is 5.82 Å². The van der Waals surface area contributed by atoms with Crippen LogP contribution in [0, 0.1) is 11.8 Å². The second kappa shape index (κ2) is 6.05. The maximum Gasteiger partial charge on any atom is 0.225 e. The first kappa shape index (κ1) is 14.8. The third-order valence-electron chi connectivity index (χ3n) is 5.04. The quantitative estimate of drug-likeness (QED) is 0.916. The van der Waals surface area contributed by atoms with Crippen molar-refractivity contribution in [2.75, 3.05) is 44.2 Å². The Morgan fingerprint density at radius 3 is 2.78 bits per heavy atom. The number of aromatic nitrogens is 2. The molecular weight excluding hydrogens is 310 g/mol. The molecule has 4 rings (SSSR count). The van der Waals surface area contributed by atoms with E-state index in [0.717, 1.165) is 55.3 Å². The average Bonchev–Trinajstić information content (AvgIpc) is 3.01. The molecule has 1 N–H and O–H groups in total. The molecule has 122 valence electrons. The largest absolute Gasteiger partial charge is 0.352 e. The Morgan fingerprint density at radius 2 is 2.09 bits per heavy atom. The lowest BCUT2D eigenvalue weighted by atomic mass is 9.88. The van der Waals surface area contributed by atoms with E-state index in [4.69, 9.17) is 0 Å². The second-order valence-corrected chi connectivity index (χ2v) is 7.25. The molecule has 1 amide bonds. The lowest BCUT2D eigenvalue weighted by Crippen LogP contribution is -2.54. The summed E-state index contributed by atoms with van der Waals surface area (Å²) >= 11 is 1.64. The van der Waals surface area contributed by atoms with Gasteiger partial charge in [-0.2, -0.15) is 0 Å². The van der Waals surface area contributed by atoms with Crippen LogP contribution >= 0.6 is 11.3 Å². The minimum Gasteiger partial charge on any atom is -0.352 e. The van der Waals surface area contributed by atoms with E-state index in [0.29, 0.717) is 11.8 Å². The fourth-order valence-electron chi connectivity index (χ4n) is 3.32. The van der Waals surface area contributed by atoms with Gasteiger partial charge in [0.1, 0.15) is 17.0 Å². The molecule has 0 radical (unpaired) electrons. The van der Waals surface area contributed by atoms with Crippen LogP contribution in [-0.4, -0.2) is 60.0 Å². The van der Waals surface area contributed by atoms with Gasteiger partial charge in [0.25, 0.3) is 0 Å². The fourth-order valence-corrected chi connectivity index (χ4v) is 4.05. The number of nitrogens with zero attached hydrogens (tertiary/aromatic N) is 4. The molecule has 2 aliphatic rings. The summed E-state index contributed by atoms with van der Waals surface area (Å²) in [4.78, 5) is 26.7. The number of carbonyl (C=O) groups is 1. The number of fused-ring (bicyclic) bond motifs is 1. The van der Waals surface area contributed by atoms with Gasteiger partial charge in [-0.1, -0.05) is 6.92 Å². The molecule has 2 aromatic rings. The highest BCUT2D eigenvalue weighted by atomic mass is 32.1. The number of rotatable bonds is 3. The molecule has 2 fully saturated rings. The molecule has 0 aliphatic carbocycles. The topological polar surface area (TPSA) is 61.4 Å². The summed E-state index contributed by atoms with van der Waals surface area (Å²) < 4.78 is 0. The Morgan fingerprint density at radius 1 is 1.30 bits per heavy atom. The standard InChI is InChI=1S/C16H21N5OS/c1-11(12-8-17-9-12)16(22)21-5-3-20(4-6-21)14-13-2-7-23-15(13)19-10-18-14/h2,7,10-12,17H,3-6,8-9H2,1H3. The molecule has 4 heterocycles. The summed E-state index contributed by atoms with van der Waals surface area (Å²) in [5, 5.41) is 6.42. The van der Waals surface area contributed by atoms with Crippen LogP contribution < -0.4 is 10.2 Å².